The van der Waals surface area contributed by atoms with Crippen LogP contribution in [0.25, 0.3) is 0 Å². The zero-order chi connectivity index (χ0) is 11.3. The maximum absolute atomic E-state index is 6.07. The van der Waals surface area contributed by atoms with E-state index in [0.717, 1.165) is 29.9 Å². The van der Waals surface area contributed by atoms with Crippen molar-refractivity contribution >= 4 is 12.4 Å². The fraction of sp³-hybridized carbons (Fsp3) is 0.500. The van der Waals surface area contributed by atoms with Crippen molar-refractivity contribution < 1.29 is 9.47 Å². The van der Waals surface area contributed by atoms with E-state index < -0.39 is 0 Å². The molecular weight excluding hydrogens is 226 g/mol. The Balaban J connectivity index is 0.00000225. The van der Waals surface area contributed by atoms with Crippen LogP contribution in [0.3, 0.4) is 0 Å². The molecule has 0 aliphatic rings. The average molecular weight is 246 g/mol. The van der Waals surface area contributed by atoms with Crippen molar-refractivity contribution in [3.63, 3.8) is 0 Å². The smallest absolute Gasteiger partial charge is 0.165 e. The van der Waals surface area contributed by atoms with Gasteiger partial charge in [-0.05, 0) is 12.5 Å². The van der Waals surface area contributed by atoms with Gasteiger partial charge in [0.25, 0.3) is 0 Å². The Morgan fingerprint density at radius 3 is 2.44 bits per heavy atom. The molecule has 0 heterocycles. The van der Waals surface area contributed by atoms with Crippen molar-refractivity contribution in [2.24, 2.45) is 5.73 Å². The number of methoxy groups -OCH3 is 2. The molecule has 0 aromatic heterocycles. The summed E-state index contributed by atoms with van der Waals surface area (Å²) in [7, 11) is 3.27. The van der Waals surface area contributed by atoms with E-state index >= 15 is 0 Å². The van der Waals surface area contributed by atoms with Crippen LogP contribution in [0.2, 0.25) is 0 Å². The van der Waals surface area contributed by atoms with Crippen molar-refractivity contribution in [1.82, 2.24) is 0 Å². The quantitative estimate of drug-likeness (QED) is 0.868. The Labute approximate surface area is 103 Å². The number of nitrogens with two attached hydrogens (primary N) is 1. The van der Waals surface area contributed by atoms with E-state index in [1.807, 2.05) is 18.2 Å². The molecule has 1 atom stereocenters. The maximum Gasteiger partial charge on any atom is 0.165 e. The van der Waals surface area contributed by atoms with Gasteiger partial charge in [0.2, 0.25) is 0 Å². The molecule has 1 aromatic rings. The Morgan fingerprint density at radius 1 is 1.25 bits per heavy atom. The van der Waals surface area contributed by atoms with Gasteiger partial charge >= 0.3 is 0 Å². The van der Waals surface area contributed by atoms with Crippen LogP contribution in [0.1, 0.15) is 31.4 Å². The van der Waals surface area contributed by atoms with Crippen molar-refractivity contribution in [1.29, 1.82) is 0 Å². The molecule has 4 heteroatoms. The lowest BCUT2D eigenvalue weighted by Gasteiger charge is -2.17. The number of ether oxygens (including phenoxy) is 2. The van der Waals surface area contributed by atoms with Crippen molar-refractivity contribution in [3.05, 3.63) is 23.8 Å². The van der Waals surface area contributed by atoms with Crippen LogP contribution in [0.5, 0.6) is 11.5 Å². The van der Waals surface area contributed by atoms with Crippen LogP contribution in [0.4, 0.5) is 0 Å². The molecule has 0 bridgehead atoms. The lowest BCUT2D eigenvalue weighted by Crippen LogP contribution is -2.11. The van der Waals surface area contributed by atoms with Crippen LogP contribution in [0.15, 0.2) is 18.2 Å². The molecule has 0 saturated heterocycles. The van der Waals surface area contributed by atoms with Crippen molar-refractivity contribution in [2.75, 3.05) is 14.2 Å². The number of para-hydroxylation sites is 1. The first-order valence-corrected chi connectivity index (χ1v) is 5.21. The predicted molar refractivity (Wildman–Crippen MR) is 68.6 cm³/mol. The van der Waals surface area contributed by atoms with Gasteiger partial charge in [-0.3, -0.25) is 0 Å². The van der Waals surface area contributed by atoms with Crippen LogP contribution < -0.4 is 15.2 Å². The number of hydrogen-bond donors (Lipinski definition) is 1. The molecular formula is C12H20ClNO2. The van der Waals surface area contributed by atoms with Crippen LogP contribution in [0, 0.1) is 0 Å². The Morgan fingerprint density at radius 2 is 1.94 bits per heavy atom. The van der Waals surface area contributed by atoms with Crippen molar-refractivity contribution in [2.45, 2.75) is 25.8 Å². The zero-order valence-electron chi connectivity index (χ0n) is 10.0. The molecule has 16 heavy (non-hydrogen) atoms. The highest BCUT2D eigenvalue weighted by Gasteiger charge is 2.14. The molecule has 3 nitrogen and oxygen atoms in total. The first kappa shape index (κ1) is 15.1. The van der Waals surface area contributed by atoms with Gasteiger partial charge in [0.1, 0.15) is 0 Å². The third-order valence-corrected chi connectivity index (χ3v) is 2.43. The normalized spacial score (nSPS) is 11.5. The van der Waals surface area contributed by atoms with Crippen LogP contribution in [-0.4, -0.2) is 14.2 Å². The third kappa shape index (κ3) is 3.29. The van der Waals surface area contributed by atoms with Gasteiger partial charge in [0, 0.05) is 11.6 Å². The second kappa shape index (κ2) is 7.36. The first-order chi connectivity index (χ1) is 7.24. The third-order valence-electron chi connectivity index (χ3n) is 2.43. The lowest BCUT2D eigenvalue weighted by molar-refractivity contribution is 0.348. The minimum atomic E-state index is 0. The standard InChI is InChI=1S/C12H19NO2.ClH/c1-4-6-10(13)9-7-5-8-11(14-2)12(9)15-3;/h5,7-8,10H,4,6,13H2,1-3H3;1H. The molecule has 1 unspecified atom stereocenters. The SMILES string of the molecule is CCCC(N)c1cccc(OC)c1OC.Cl. The van der Waals surface area contributed by atoms with Crippen molar-refractivity contribution in [3.8, 4) is 11.5 Å². The van der Waals surface area contributed by atoms with Gasteiger partial charge < -0.3 is 15.2 Å². The summed E-state index contributed by atoms with van der Waals surface area (Å²) in [5.74, 6) is 1.49. The van der Waals surface area contributed by atoms with Crippen LogP contribution >= 0.6 is 12.4 Å². The molecule has 92 valence electrons. The van der Waals surface area contributed by atoms with E-state index in [4.69, 9.17) is 15.2 Å². The molecule has 0 radical (unpaired) electrons. The first-order valence-electron chi connectivity index (χ1n) is 5.21. The number of benzene rings is 1. The molecule has 1 rings (SSSR count). The fourth-order valence-electron chi connectivity index (χ4n) is 1.67. The molecule has 0 amide bonds. The summed E-state index contributed by atoms with van der Waals surface area (Å²) in [6.45, 7) is 2.12. The molecule has 0 saturated carbocycles. The van der Waals surface area contributed by atoms with Gasteiger partial charge in [0.05, 0.1) is 14.2 Å². The van der Waals surface area contributed by atoms with Gasteiger partial charge in [-0.25, -0.2) is 0 Å². The Hall–Kier alpha value is -0.930. The molecule has 0 fully saturated rings. The van der Waals surface area contributed by atoms with E-state index in [0.29, 0.717) is 0 Å². The van der Waals surface area contributed by atoms with Gasteiger partial charge in [0.15, 0.2) is 11.5 Å². The molecule has 2 N–H and O–H groups in total. The van der Waals surface area contributed by atoms with Crippen LogP contribution in [-0.2, 0) is 0 Å². The topological polar surface area (TPSA) is 44.5 Å². The van der Waals surface area contributed by atoms with E-state index in [2.05, 4.69) is 6.92 Å². The minimum Gasteiger partial charge on any atom is -0.493 e. The number of halogens is 1. The second-order valence-electron chi connectivity index (χ2n) is 3.48. The predicted octanol–water partition coefficient (Wildman–Crippen LogP) is 2.93. The number of rotatable bonds is 5. The summed E-state index contributed by atoms with van der Waals surface area (Å²) in [6.07, 6.45) is 2.01. The van der Waals surface area contributed by atoms with Gasteiger partial charge in [-0.15, -0.1) is 12.4 Å². The number of hydrogen-bond acceptors (Lipinski definition) is 3. The Bertz CT molecular complexity index is 318. The van der Waals surface area contributed by atoms with Gasteiger partial charge in [-0.2, -0.15) is 0 Å². The van der Waals surface area contributed by atoms with E-state index in [-0.39, 0.29) is 18.4 Å². The molecule has 0 aliphatic carbocycles. The summed E-state index contributed by atoms with van der Waals surface area (Å²) in [5, 5.41) is 0. The maximum atomic E-state index is 6.07. The minimum absolute atomic E-state index is 0. The molecule has 0 aliphatic heterocycles. The summed E-state index contributed by atoms with van der Waals surface area (Å²) < 4.78 is 10.6. The monoisotopic (exact) mass is 245 g/mol. The summed E-state index contributed by atoms with van der Waals surface area (Å²) >= 11 is 0. The van der Waals surface area contributed by atoms with E-state index in [9.17, 15) is 0 Å². The summed E-state index contributed by atoms with van der Waals surface area (Å²) in [6, 6.07) is 5.81. The summed E-state index contributed by atoms with van der Waals surface area (Å²) in [5.41, 5.74) is 7.08. The fourth-order valence-corrected chi connectivity index (χ4v) is 1.67. The van der Waals surface area contributed by atoms with E-state index in [1.54, 1.807) is 14.2 Å². The molecule has 0 spiro atoms. The highest BCUT2D eigenvalue weighted by Crippen LogP contribution is 2.34. The average Bonchev–Trinajstić information content (AvgIpc) is 2.28. The zero-order valence-corrected chi connectivity index (χ0v) is 10.8. The summed E-state index contributed by atoms with van der Waals surface area (Å²) in [4.78, 5) is 0. The highest BCUT2D eigenvalue weighted by atomic mass is 35.5. The van der Waals surface area contributed by atoms with Gasteiger partial charge in [-0.1, -0.05) is 25.5 Å². The highest BCUT2D eigenvalue weighted by molar-refractivity contribution is 5.85. The largest absolute Gasteiger partial charge is 0.493 e. The lowest BCUT2D eigenvalue weighted by atomic mass is 10.0. The Kier molecular flexibility index (Phi) is 6.93. The second-order valence-corrected chi connectivity index (χ2v) is 3.48. The molecule has 1 aromatic carbocycles. The van der Waals surface area contributed by atoms with E-state index in [1.165, 1.54) is 0 Å².